The molecule has 0 amide bonds. The van der Waals surface area contributed by atoms with Crippen LogP contribution >= 0.6 is 35.1 Å². The summed E-state index contributed by atoms with van der Waals surface area (Å²) in [5, 5.41) is 1.68. The number of nitrogens with two attached hydrogens (primary N) is 1. The van der Waals surface area contributed by atoms with Crippen molar-refractivity contribution in [3.8, 4) is 0 Å². The number of alkyl halides is 3. The Bertz CT molecular complexity index is 995. The lowest BCUT2D eigenvalue weighted by Crippen LogP contribution is -2.42. The van der Waals surface area contributed by atoms with Crippen molar-refractivity contribution in [2.24, 2.45) is 0 Å². The molecule has 1 atom stereocenters. The second-order valence-electron chi connectivity index (χ2n) is 6.61. The first-order chi connectivity index (χ1) is 13.1. The molecule has 0 saturated heterocycles. The van der Waals surface area contributed by atoms with E-state index in [1.54, 1.807) is 41.1 Å². The molecule has 3 rings (SSSR count). The maximum absolute atomic E-state index is 13.7. The van der Waals surface area contributed by atoms with Gasteiger partial charge in [-0.25, -0.2) is 4.72 Å². The lowest BCUT2D eigenvalue weighted by Gasteiger charge is -2.23. The Morgan fingerprint density at radius 1 is 1.18 bits per heavy atom. The molecule has 0 aliphatic rings. The first-order valence-electron chi connectivity index (χ1n) is 8.36. The van der Waals surface area contributed by atoms with Gasteiger partial charge < -0.3 is 10.3 Å². The van der Waals surface area contributed by atoms with Gasteiger partial charge in [-0.05, 0) is 67.3 Å². The summed E-state index contributed by atoms with van der Waals surface area (Å²) in [6, 6.07) is 6.67. The molecule has 0 aliphatic heterocycles. The predicted molar refractivity (Wildman–Crippen MR) is 111 cm³/mol. The van der Waals surface area contributed by atoms with Crippen LogP contribution in [0.1, 0.15) is 11.1 Å². The molecule has 0 aliphatic carbocycles. The van der Waals surface area contributed by atoms with Crippen LogP contribution in [0.15, 0.2) is 41.4 Å². The van der Waals surface area contributed by atoms with Crippen molar-refractivity contribution in [1.82, 2.24) is 9.29 Å². The molecule has 9 heteroatoms. The highest BCUT2D eigenvalue weighted by atomic mass is 35.5. The van der Waals surface area contributed by atoms with Crippen LogP contribution in [-0.4, -0.2) is 16.8 Å². The van der Waals surface area contributed by atoms with E-state index in [1.165, 1.54) is 0 Å². The van der Waals surface area contributed by atoms with Crippen molar-refractivity contribution in [1.29, 1.82) is 0 Å². The first-order valence-corrected chi connectivity index (χ1v) is 9.93. The number of halogens is 5. The van der Waals surface area contributed by atoms with Gasteiger partial charge in [0.25, 0.3) is 0 Å². The molecule has 0 fully saturated rings. The van der Waals surface area contributed by atoms with Crippen LogP contribution < -0.4 is 10.5 Å². The molecule has 150 valence electrons. The van der Waals surface area contributed by atoms with Gasteiger partial charge in [0.15, 0.2) is 0 Å². The normalized spacial score (nSPS) is 13.2. The van der Waals surface area contributed by atoms with Crippen LogP contribution in [0, 0.1) is 13.8 Å². The fourth-order valence-electron chi connectivity index (χ4n) is 3.00. The monoisotopic (exact) mass is 447 g/mol. The third-order valence-corrected chi connectivity index (χ3v) is 6.04. The van der Waals surface area contributed by atoms with Gasteiger partial charge in [-0.1, -0.05) is 23.2 Å². The number of anilines is 1. The summed E-state index contributed by atoms with van der Waals surface area (Å²) >= 11 is 12.9. The van der Waals surface area contributed by atoms with Gasteiger partial charge in [-0.3, -0.25) is 0 Å². The van der Waals surface area contributed by atoms with E-state index in [9.17, 15) is 13.2 Å². The Balaban J connectivity index is 1.87. The molecule has 0 bridgehead atoms. The number of nitrogens with zero attached hydrogens (tertiary/aromatic N) is 1. The highest BCUT2D eigenvalue weighted by Gasteiger charge is 2.40. The zero-order valence-electron chi connectivity index (χ0n) is 15.1. The minimum atomic E-state index is -4.46. The third kappa shape index (κ3) is 4.54. The van der Waals surface area contributed by atoms with E-state index in [4.69, 9.17) is 28.9 Å². The zero-order chi connectivity index (χ0) is 20.6. The maximum Gasteiger partial charge on any atom is 0.406 e. The molecule has 1 heterocycles. The highest BCUT2D eigenvalue weighted by molar-refractivity contribution is 7.97. The van der Waals surface area contributed by atoms with Crippen molar-refractivity contribution >= 4 is 51.7 Å². The Hall–Kier alpha value is -1.54. The molecule has 0 saturated carbocycles. The molecule has 0 spiro atoms. The molecule has 28 heavy (non-hydrogen) atoms. The van der Waals surface area contributed by atoms with Gasteiger partial charge in [0.05, 0.1) is 9.92 Å². The lowest BCUT2D eigenvalue weighted by atomic mass is 10.2. The van der Waals surface area contributed by atoms with Crippen LogP contribution in [0.5, 0.6) is 0 Å². The average molecular weight is 448 g/mol. The van der Waals surface area contributed by atoms with Gasteiger partial charge in [-0.15, -0.1) is 0 Å². The number of aromatic nitrogens is 1. The van der Waals surface area contributed by atoms with E-state index in [1.807, 2.05) is 13.8 Å². The fourth-order valence-corrected chi connectivity index (χ4v) is 4.37. The van der Waals surface area contributed by atoms with E-state index in [0.717, 1.165) is 28.5 Å². The Kier molecular flexibility index (Phi) is 6.10. The summed E-state index contributed by atoms with van der Waals surface area (Å²) < 4.78 is 45.1. The molecular weight excluding hydrogens is 430 g/mol. The average Bonchev–Trinajstić information content (AvgIpc) is 2.87. The quantitative estimate of drug-likeness (QED) is 0.352. The van der Waals surface area contributed by atoms with Crippen LogP contribution in [0.4, 0.5) is 18.9 Å². The fraction of sp³-hybridized carbons (Fsp3) is 0.263. The van der Waals surface area contributed by atoms with Crippen LogP contribution in [-0.2, 0) is 6.54 Å². The Morgan fingerprint density at radius 2 is 1.89 bits per heavy atom. The minimum absolute atomic E-state index is 0.300. The van der Waals surface area contributed by atoms with Crippen LogP contribution in [0.2, 0.25) is 10.0 Å². The van der Waals surface area contributed by atoms with Gasteiger partial charge in [0.1, 0.15) is 6.04 Å². The van der Waals surface area contributed by atoms with Gasteiger partial charge >= 0.3 is 6.18 Å². The molecule has 1 aromatic heterocycles. The number of nitrogens with one attached hydrogen (secondary N) is 1. The van der Waals surface area contributed by atoms with Gasteiger partial charge in [0, 0.05) is 34.4 Å². The van der Waals surface area contributed by atoms with Crippen molar-refractivity contribution in [2.45, 2.75) is 37.5 Å². The third-order valence-electron chi connectivity index (χ3n) is 4.34. The maximum atomic E-state index is 13.7. The van der Waals surface area contributed by atoms with Crippen molar-refractivity contribution in [3.05, 3.63) is 57.7 Å². The van der Waals surface area contributed by atoms with Gasteiger partial charge in [0.2, 0.25) is 0 Å². The largest absolute Gasteiger partial charge is 0.406 e. The van der Waals surface area contributed by atoms with E-state index in [0.29, 0.717) is 26.1 Å². The van der Waals surface area contributed by atoms with Crippen molar-refractivity contribution in [3.63, 3.8) is 0 Å². The van der Waals surface area contributed by atoms with Crippen molar-refractivity contribution < 1.29 is 13.2 Å². The molecule has 2 aromatic carbocycles. The van der Waals surface area contributed by atoms with E-state index in [2.05, 4.69) is 4.72 Å². The Labute approximate surface area is 175 Å². The van der Waals surface area contributed by atoms with E-state index in [-0.39, 0.29) is 6.54 Å². The lowest BCUT2D eigenvalue weighted by molar-refractivity contribution is -0.153. The molecule has 3 N–H and O–H groups in total. The second-order valence-corrected chi connectivity index (χ2v) is 8.30. The van der Waals surface area contributed by atoms with E-state index >= 15 is 0 Å². The Morgan fingerprint density at radius 3 is 2.54 bits per heavy atom. The van der Waals surface area contributed by atoms with Crippen LogP contribution in [0.3, 0.4) is 0 Å². The van der Waals surface area contributed by atoms with Gasteiger partial charge in [-0.2, -0.15) is 13.2 Å². The number of aryl methyl sites for hydroxylation is 2. The first kappa shape index (κ1) is 21.2. The van der Waals surface area contributed by atoms with Crippen LogP contribution in [0.25, 0.3) is 10.9 Å². The number of hydrogen-bond acceptors (Lipinski definition) is 3. The molecule has 0 radical (unpaired) electrons. The zero-order valence-corrected chi connectivity index (χ0v) is 17.4. The van der Waals surface area contributed by atoms with E-state index < -0.39 is 12.2 Å². The molecule has 1 unspecified atom stereocenters. The minimum Gasteiger partial charge on any atom is -0.398 e. The molecule has 3 nitrogen and oxygen atoms in total. The number of benzene rings is 2. The molecular formula is C19H18Cl2F3N3S. The summed E-state index contributed by atoms with van der Waals surface area (Å²) in [4.78, 5) is 0.377. The number of hydrogen-bond donors (Lipinski definition) is 2. The smallest absolute Gasteiger partial charge is 0.398 e. The number of fused-ring (bicyclic) bond motifs is 1. The summed E-state index contributed by atoms with van der Waals surface area (Å²) in [6.45, 7) is 3.35. The topological polar surface area (TPSA) is 43.0 Å². The summed E-state index contributed by atoms with van der Waals surface area (Å²) in [5.41, 5.74) is 8.64. The summed E-state index contributed by atoms with van der Waals surface area (Å²) in [5.74, 6) is 0. The standard InChI is InChI=1S/C19H18Cl2F3N3S/c1-10-5-14(21)18(15(25)6-10)28-26-17(19(22,23)24)9-27-8-11(2)13-7-12(20)3-4-16(13)27/h3-8,17,26H,9,25H2,1-2H3. The SMILES string of the molecule is Cc1cc(N)c(SNC(Cn2cc(C)c3cc(Cl)ccc32)C(F)(F)F)c(Cl)c1. The number of nitrogen functional groups attached to an aromatic ring is 1. The highest BCUT2D eigenvalue weighted by Crippen LogP contribution is 2.35. The second kappa shape index (κ2) is 8.06. The predicted octanol–water partition coefficient (Wildman–Crippen LogP) is 6.37. The summed E-state index contributed by atoms with van der Waals surface area (Å²) in [7, 11) is 0. The molecule has 3 aromatic rings. The van der Waals surface area contributed by atoms with Crippen molar-refractivity contribution in [2.75, 3.05) is 5.73 Å². The number of rotatable bonds is 5. The summed E-state index contributed by atoms with van der Waals surface area (Å²) in [6.07, 6.45) is -2.77.